The van der Waals surface area contributed by atoms with Gasteiger partial charge >= 0.3 is 5.97 Å². The van der Waals surface area contributed by atoms with Crippen LogP contribution < -0.4 is 5.32 Å². The second kappa shape index (κ2) is 12.7. The van der Waals surface area contributed by atoms with E-state index >= 15 is 0 Å². The van der Waals surface area contributed by atoms with Crippen LogP contribution in [0.2, 0.25) is 0 Å². The van der Waals surface area contributed by atoms with Crippen LogP contribution in [0.5, 0.6) is 0 Å². The van der Waals surface area contributed by atoms with Crippen molar-refractivity contribution in [3.05, 3.63) is 0 Å². The number of nitrogens with one attached hydrogen (secondary N) is 1. The number of hydrogen-bond donors (Lipinski definition) is 2. The SMILES string of the molecule is CC[C@@H](C)C(=O)N[C@H]1CCS[C@H]2CC(C)(C)[C@@H](C(=O)O)N2C1=O.S.S.S.S. The van der Waals surface area contributed by atoms with E-state index in [0.717, 1.165) is 5.75 Å². The van der Waals surface area contributed by atoms with E-state index in [2.05, 4.69) is 5.32 Å². The first-order valence-electron chi connectivity index (χ1n) is 8.16. The summed E-state index contributed by atoms with van der Waals surface area (Å²) in [6.45, 7) is 7.53. The molecule has 2 saturated heterocycles. The van der Waals surface area contributed by atoms with Crippen LogP contribution in [0, 0.1) is 11.3 Å². The maximum Gasteiger partial charge on any atom is 0.327 e. The second-order valence-corrected chi connectivity index (χ2v) is 8.45. The summed E-state index contributed by atoms with van der Waals surface area (Å²) in [6, 6.07) is -1.46. The van der Waals surface area contributed by atoms with E-state index in [1.54, 1.807) is 11.8 Å². The molecule has 2 aliphatic heterocycles. The molecule has 0 radical (unpaired) electrons. The van der Waals surface area contributed by atoms with E-state index in [0.29, 0.717) is 19.3 Å². The number of carboxylic acids is 1. The number of carbonyl (C=O) groups excluding carboxylic acids is 2. The first kappa shape index (κ1) is 31.8. The molecular formula is C16H34N2O4S5. The number of nitrogens with zero attached hydrogens (tertiary/aromatic N) is 1. The third-order valence-corrected chi connectivity index (χ3v) is 6.16. The average molecular weight is 479 g/mol. The van der Waals surface area contributed by atoms with Crippen molar-refractivity contribution in [3.63, 3.8) is 0 Å². The van der Waals surface area contributed by atoms with Gasteiger partial charge in [-0.25, -0.2) is 4.79 Å². The summed E-state index contributed by atoms with van der Waals surface area (Å²) in [5.74, 6) is -0.782. The molecule has 2 fully saturated rings. The lowest BCUT2D eigenvalue weighted by Gasteiger charge is -2.32. The van der Waals surface area contributed by atoms with Gasteiger partial charge in [-0.15, -0.1) is 11.8 Å². The van der Waals surface area contributed by atoms with Gasteiger partial charge < -0.3 is 15.3 Å². The molecule has 0 aromatic carbocycles. The molecule has 0 unspecified atom stereocenters. The van der Waals surface area contributed by atoms with Crippen molar-refractivity contribution in [2.24, 2.45) is 11.3 Å². The summed E-state index contributed by atoms with van der Waals surface area (Å²) < 4.78 is 0. The molecule has 2 rings (SSSR count). The lowest BCUT2D eigenvalue weighted by atomic mass is 9.84. The smallest absolute Gasteiger partial charge is 0.327 e. The lowest BCUT2D eigenvalue weighted by Crippen LogP contribution is -2.54. The minimum Gasteiger partial charge on any atom is -0.480 e. The van der Waals surface area contributed by atoms with Crippen molar-refractivity contribution in [2.75, 3.05) is 5.75 Å². The van der Waals surface area contributed by atoms with E-state index < -0.39 is 23.5 Å². The van der Waals surface area contributed by atoms with Crippen molar-refractivity contribution in [3.8, 4) is 0 Å². The fourth-order valence-corrected chi connectivity index (χ4v) is 4.90. The van der Waals surface area contributed by atoms with Crippen LogP contribution in [-0.2, 0) is 14.4 Å². The number of fused-ring (bicyclic) bond motifs is 1. The van der Waals surface area contributed by atoms with E-state index in [1.807, 2.05) is 27.7 Å². The van der Waals surface area contributed by atoms with Crippen LogP contribution in [0.4, 0.5) is 0 Å². The number of carbonyl (C=O) groups is 3. The Kier molecular flexibility index (Phi) is 14.9. The molecule has 2 N–H and O–H groups in total. The molecule has 0 bridgehead atoms. The van der Waals surface area contributed by atoms with Gasteiger partial charge in [0.15, 0.2) is 0 Å². The summed E-state index contributed by atoms with van der Waals surface area (Å²) in [4.78, 5) is 38.3. The van der Waals surface area contributed by atoms with E-state index in [-0.39, 0.29) is 77.1 Å². The lowest BCUT2D eigenvalue weighted by molar-refractivity contribution is -0.152. The highest BCUT2D eigenvalue weighted by Gasteiger charge is 2.54. The number of carboxylic acid groups (broad SMARTS) is 1. The Balaban J connectivity index is -0.00000144. The normalized spacial score (nSPS) is 26.6. The molecule has 4 atom stereocenters. The Labute approximate surface area is 194 Å². The molecule has 2 aliphatic rings. The van der Waals surface area contributed by atoms with Gasteiger partial charge in [-0.2, -0.15) is 54.0 Å². The van der Waals surface area contributed by atoms with Gasteiger partial charge in [-0.3, -0.25) is 9.59 Å². The fraction of sp³-hybridized carbons (Fsp3) is 0.812. The second-order valence-electron chi connectivity index (χ2n) is 7.16. The molecule has 2 amide bonds. The number of amides is 2. The minimum atomic E-state index is -0.972. The molecular weight excluding hydrogens is 445 g/mol. The van der Waals surface area contributed by atoms with Gasteiger partial charge in [0.2, 0.25) is 11.8 Å². The molecule has 0 aromatic rings. The quantitative estimate of drug-likeness (QED) is 0.646. The summed E-state index contributed by atoms with van der Waals surface area (Å²) in [5, 5.41) is 12.3. The topological polar surface area (TPSA) is 86.7 Å². The Morgan fingerprint density at radius 3 is 2.33 bits per heavy atom. The molecule has 11 heteroatoms. The standard InChI is InChI=1S/C16H26N2O4S.4H2S/c1-5-9(2)13(19)17-10-6-7-23-11-8-16(3,4)12(15(21)22)18(11)14(10)20;;;;/h9-12H,5-8H2,1-4H3,(H,17,19)(H,21,22);4*1H2/t9-,10+,11+,12-;;;;/m1..../s1. The van der Waals surface area contributed by atoms with Gasteiger partial charge in [-0.05, 0) is 30.4 Å². The van der Waals surface area contributed by atoms with Crippen LogP contribution in [0.1, 0.15) is 47.0 Å². The number of thioether (sulfide) groups is 1. The summed E-state index contributed by atoms with van der Waals surface area (Å²) in [5.41, 5.74) is -0.470. The predicted molar refractivity (Wildman–Crippen MR) is 130 cm³/mol. The number of aliphatic carboxylic acids is 1. The van der Waals surface area contributed by atoms with Gasteiger partial charge in [-0.1, -0.05) is 27.7 Å². The molecule has 162 valence electrons. The monoisotopic (exact) mass is 478 g/mol. The molecule has 6 nitrogen and oxygen atoms in total. The largest absolute Gasteiger partial charge is 0.480 e. The highest BCUT2D eigenvalue weighted by atomic mass is 32.2. The Morgan fingerprint density at radius 1 is 1.30 bits per heavy atom. The van der Waals surface area contributed by atoms with Crippen LogP contribution in [-0.4, -0.2) is 51.0 Å². The highest BCUT2D eigenvalue weighted by Crippen LogP contribution is 2.46. The maximum absolute atomic E-state index is 12.9. The first-order chi connectivity index (χ1) is 10.7. The van der Waals surface area contributed by atoms with E-state index in [4.69, 9.17) is 0 Å². The average Bonchev–Trinajstić information content (AvgIpc) is 2.66. The molecule has 2 heterocycles. The number of hydrogen-bond acceptors (Lipinski definition) is 4. The third kappa shape index (κ3) is 6.87. The molecule has 0 spiro atoms. The molecule has 0 aromatic heterocycles. The zero-order valence-electron chi connectivity index (χ0n) is 16.2. The first-order valence-corrected chi connectivity index (χ1v) is 9.21. The van der Waals surface area contributed by atoms with Crippen molar-refractivity contribution in [1.82, 2.24) is 10.2 Å². The van der Waals surface area contributed by atoms with Crippen LogP contribution in [0.25, 0.3) is 0 Å². The van der Waals surface area contributed by atoms with Crippen molar-refractivity contribution >= 4 is 83.5 Å². The van der Waals surface area contributed by atoms with Crippen molar-refractivity contribution in [2.45, 2.75) is 64.4 Å². The molecule has 0 saturated carbocycles. The third-order valence-electron chi connectivity index (χ3n) is 4.91. The van der Waals surface area contributed by atoms with Gasteiger partial charge in [0.25, 0.3) is 0 Å². The van der Waals surface area contributed by atoms with Crippen LogP contribution >= 0.6 is 65.7 Å². The fourth-order valence-electron chi connectivity index (χ4n) is 3.32. The summed E-state index contributed by atoms with van der Waals surface area (Å²) >= 11 is 1.62. The summed E-state index contributed by atoms with van der Waals surface area (Å²) in [6.07, 6.45) is 1.91. The number of rotatable bonds is 4. The van der Waals surface area contributed by atoms with Gasteiger partial charge in [0.05, 0.1) is 5.37 Å². The van der Waals surface area contributed by atoms with E-state index in [1.165, 1.54) is 4.90 Å². The van der Waals surface area contributed by atoms with Crippen molar-refractivity contribution in [1.29, 1.82) is 0 Å². The zero-order chi connectivity index (χ0) is 17.4. The predicted octanol–water partition coefficient (Wildman–Crippen LogP) is 2.14. The Morgan fingerprint density at radius 2 is 1.85 bits per heavy atom. The van der Waals surface area contributed by atoms with Gasteiger partial charge in [0.1, 0.15) is 12.1 Å². The highest BCUT2D eigenvalue weighted by molar-refractivity contribution is 7.99. The Bertz CT molecular complexity index is 521. The Hall–Kier alpha value is 0.160. The van der Waals surface area contributed by atoms with Crippen molar-refractivity contribution < 1.29 is 19.5 Å². The van der Waals surface area contributed by atoms with Crippen LogP contribution in [0.15, 0.2) is 0 Å². The maximum atomic E-state index is 12.9. The summed E-state index contributed by atoms with van der Waals surface area (Å²) in [7, 11) is 0. The van der Waals surface area contributed by atoms with Crippen LogP contribution in [0.3, 0.4) is 0 Å². The molecule has 0 aliphatic carbocycles. The minimum absolute atomic E-state index is 0. The van der Waals surface area contributed by atoms with Gasteiger partial charge in [0, 0.05) is 5.92 Å². The van der Waals surface area contributed by atoms with E-state index in [9.17, 15) is 19.5 Å². The molecule has 27 heavy (non-hydrogen) atoms. The zero-order valence-corrected chi connectivity index (χ0v) is 21.0.